The third kappa shape index (κ3) is 2.89. The molecular weight excluding hydrogens is 198 g/mol. The summed E-state index contributed by atoms with van der Waals surface area (Å²) >= 11 is 0. The van der Waals surface area contributed by atoms with Gasteiger partial charge in [0, 0.05) is 11.9 Å². The summed E-state index contributed by atoms with van der Waals surface area (Å²) in [5.41, 5.74) is 2.08. The van der Waals surface area contributed by atoms with Crippen LogP contribution < -0.4 is 0 Å². The molecule has 0 atom stereocenters. The Labute approximate surface area is 95.7 Å². The van der Waals surface area contributed by atoms with Crippen LogP contribution in [0.15, 0.2) is 48.2 Å². The highest BCUT2D eigenvalue weighted by molar-refractivity contribution is 6.06. The molecule has 2 nitrogen and oxygen atoms in total. The van der Waals surface area contributed by atoms with Crippen LogP contribution in [0.2, 0.25) is 0 Å². The van der Waals surface area contributed by atoms with Crippen LogP contribution in [0.1, 0.15) is 25.0 Å². The van der Waals surface area contributed by atoms with E-state index < -0.39 is 0 Å². The highest BCUT2D eigenvalue weighted by Gasteiger charge is 2.08. The van der Waals surface area contributed by atoms with Crippen molar-refractivity contribution in [2.45, 2.75) is 25.7 Å². The summed E-state index contributed by atoms with van der Waals surface area (Å²) in [5.74, 6) is 0.179. The average molecular weight is 213 g/mol. The number of ketones is 1. The minimum atomic E-state index is 0.179. The number of carbonyl (C=O) groups is 1. The van der Waals surface area contributed by atoms with Crippen molar-refractivity contribution in [2.24, 2.45) is 0 Å². The zero-order valence-corrected chi connectivity index (χ0v) is 9.23. The number of pyridine rings is 1. The van der Waals surface area contributed by atoms with Gasteiger partial charge in [-0.15, -0.1) is 0 Å². The minimum absolute atomic E-state index is 0.179. The van der Waals surface area contributed by atoms with E-state index in [-0.39, 0.29) is 5.78 Å². The molecule has 0 bridgehead atoms. The summed E-state index contributed by atoms with van der Waals surface area (Å²) in [7, 11) is 0. The van der Waals surface area contributed by atoms with Crippen LogP contribution in [-0.2, 0) is 11.2 Å². The second kappa shape index (κ2) is 5.40. The smallest absolute Gasteiger partial charge is 0.181 e. The first-order valence-corrected chi connectivity index (χ1v) is 5.68. The number of rotatable bonds is 5. The maximum absolute atomic E-state index is 11.3. The number of nitrogens with zero attached hydrogens (tertiary/aromatic N) is 1. The summed E-state index contributed by atoms with van der Waals surface area (Å²) in [6, 6.07) is 5.98. The van der Waals surface area contributed by atoms with Crippen molar-refractivity contribution in [3.8, 4) is 0 Å². The van der Waals surface area contributed by atoms with E-state index >= 15 is 0 Å². The zero-order chi connectivity index (χ0) is 11.2. The topological polar surface area (TPSA) is 30.0 Å². The zero-order valence-electron chi connectivity index (χ0n) is 9.23. The van der Waals surface area contributed by atoms with Gasteiger partial charge in [-0.2, -0.15) is 0 Å². The largest absolute Gasteiger partial charge is 0.290 e. The molecule has 0 spiro atoms. The average Bonchev–Trinajstić information content (AvgIpc) is 2.72. The van der Waals surface area contributed by atoms with Crippen molar-refractivity contribution in [3.05, 3.63) is 53.9 Å². The predicted molar refractivity (Wildman–Crippen MR) is 64.0 cm³/mol. The molecule has 0 aliphatic heterocycles. The van der Waals surface area contributed by atoms with Crippen LogP contribution in [0.5, 0.6) is 0 Å². The Morgan fingerprint density at radius 1 is 1.12 bits per heavy atom. The van der Waals surface area contributed by atoms with Crippen LogP contribution >= 0.6 is 0 Å². The Hall–Kier alpha value is -1.70. The number of unbranched alkanes of at least 4 members (excludes halogenated alkanes) is 1. The lowest BCUT2D eigenvalue weighted by Gasteiger charge is -2.01. The van der Waals surface area contributed by atoms with Gasteiger partial charge >= 0.3 is 0 Å². The van der Waals surface area contributed by atoms with E-state index in [0.717, 1.165) is 37.0 Å². The molecule has 82 valence electrons. The number of carbonyl (C=O) groups excluding carboxylic acids is 1. The van der Waals surface area contributed by atoms with Crippen molar-refractivity contribution in [3.63, 3.8) is 0 Å². The third-order valence-corrected chi connectivity index (χ3v) is 2.72. The number of hydrogen-bond donors (Lipinski definition) is 0. The van der Waals surface area contributed by atoms with Crippen LogP contribution in [0, 0.1) is 0 Å². The summed E-state index contributed by atoms with van der Waals surface area (Å²) < 4.78 is 0. The van der Waals surface area contributed by atoms with Crippen LogP contribution in [0.4, 0.5) is 0 Å². The molecule has 0 N–H and O–H groups in total. The maximum Gasteiger partial charge on any atom is 0.181 e. The van der Waals surface area contributed by atoms with Gasteiger partial charge < -0.3 is 0 Å². The Bertz CT molecular complexity index is 418. The normalized spacial score (nSPS) is 14.2. The Morgan fingerprint density at radius 3 is 2.69 bits per heavy atom. The van der Waals surface area contributed by atoms with Crippen LogP contribution in [0.3, 0.4) is 0 Å². The summed E-state index contributed by atoms with van der Waals surface area (Å²) in [5, 5.41) is 0. The molecule has 0 saturated carbocycles. The molecule has 0 radical (unpaired) electrons. The highest BCUT2D eigenvalue weighted by Crippen LogP contribution is 2.15. The van der Waals surface area contributed by atoms with Crippen LogP contribution in [0.25, 0.3) is 0 Å². The van der Waals surface area contributed by atoms with Crippen molar-refractivity contribution < 1.29 is 4.79 Å². The molecule has 1 heterocycles. The molecule has 0 aromatic carbocycles. The molecule has 0 unspecified atom stereocenters. The number of allylic oxidation sites excluding steroid dienone is 4. The predicted octanol–water partition coefficient (Wildman–Crippen LogP) is 2.86. The Balaban J connectivity index is 1.68. The van der Waals surface area contributed by atoms with Crippen LogP contribution in [-0.4, -0.2) is 10.8 Å². The van der Waals surface area contributed by atoms with E-state index in [0.29, 0.717) is 0 Å². The van der Waals surface area contributed by atoms with Gasteiger partial charge in [0.15, 0.2) is 5.78 Å². The Morgan fingerprint density at radius 2 is 2.00 bits per heavy atom. The van der Waals surface area contributed by atoms with Crippen molar-refractivity contribution in [1.82, 2.24) is 4.98 Å². The number of hydrogen-bond acceptors (Lipinski definition) is 2. The highest BCUT2D eigenvalue weighted by atomic mass is 16.1. The second-order valence-corrected chi connectivity index (χ2v) is 3.94. The van der Waals surface area contributed by atoms with E-state index in [2.05, 4.69) is 4.98 Å². The first kappa shape index (κ1) is 10.8. The Kier molecular flexibility index (Phi) is 3.65. The fraction of sp³-hybridized carbons (Fsp3) is 0.286. The second-order valence-electron chi connectivity index (χ2n) is 3.94. The standard InChI is InChI=1S/C14H15NO/c16-14-10-5-7-12(14)6-1-2-8-13-9-3-4-11-15-13/h3-5,7,9-11H,1-2,6,8H2. The maximum atomic E-state index is 11.3. The lowest BCUT2D eigenvalue weighted by molar-refractivity contribution is -0.111. The van der Waals surface area contributed by atoms with Gasteiger partial charge in [0.1, 0.15) is 0 Å². The van der Waals surface area contributed by atoms with Gasteiger partial charge in [-0.25, -0.2) is 0 Å². The fourth-order valence-corrected chi connectivity index (χ4v) is 1.81. The van der Waals surface area contributed by atoms with E-state index in [9.17, 15) is 4.79 Å². The number of aryl methyl sites for hydroxylation is 1. The minimum Gasteiger partial charge on any atom is -0.290 e. The molecule has 2 rings (SSSR count). The van der Waals surface area contributed by atoms with E-state index in [1.807, 2.05) is 36.5 Å². The first-order valence-electron chi connectivity index (χ1n) is 5.68. The van der Waals surface area contributed by atoms with Gasteiger partial charge in [-0.1, -0.05) is 18.2 Å². The lowest BCUT2D eigenvalue weighted by atomic mass is 10.1. The fourth-order valence-electron chi connectivity index (χ4n) is 1.81. The molecule has 0 amide bonds. The molecule has 2 heteroatoms. The lowest BCUT2D eigenvalue weighted by Crippen LogP contribution is -1.95. The van der Waals surface area contributed by atoms with Crippen molar-refractivity contribution in [1.29, 1.82) is 0 Å². The molecule has 1 aliphatic carbocycles. The SMILES string of the molecule is O=C1C=CC=C1CCCCc1ccccn1. The summed E-state index contributed by atoms with van der Waals surface area (Å²) in [4.78, 5) is 15.5. The molecule has 16 heavy (non-hydrogen) atoms. The number of aromatic nitrogens is 1. The first-order chi connectivity index (χ1) is 7.86. The molecule has 1 aliphatic rings. The van der Waals surface area contributed by atoms with Crippen molar-refractivity contribution in [2.75, 3.05) is 0 Å². The molecule has 1 aromatic rings. The third-order valence-electron chi connectivity index (χ3n) is 2.72. The van der Waals surface area contributed by atoms with E-state index in [1.54, 1.807) is 6.08 Å². The van der Waals surface area contributed by atoms with Gasteiger partial charge in [-0.05, 0) is 49.5 Å². The van der Waals surface area contributed by atoms with E-state index in [4.69, 9.17) is 0 Å². The molecule has 1 aromatic heterocycles. The van der Waals surface area contributed by atoms with Crippen molar-refractivity contribution >= 4 is 5.78 Å². The molecule has 0 fully saturated rings. The van der Waals surface area contributed by atoms with Gasteiger partial charge in [0.05, 0.1) is 0 Å². The van der Waals surface area contributed by atoms with Gasteiger partial charge in [0.2, 0.25) is 0 Å². The monoisotopic (exact) mass is 213 g/mol. The molecular formula is C14H15NO. The quantitative estimate of drug-likeness (QED) is 0.704. The summed E-state index contributed by atoms with van der Waals surface area (Å²) in [6.45, 7) is 0. The molecule has 0 saturated heterocycles. The van der Waals surface area contributed by atoms with E-state index in [1.165, 1.54) is 0 Å². The summed E-state index contributed by atoms with van der Waals surface area (Å²) in [6.07, 6.45) is 11.2. The van der Waals surface area contributed by atoms with Gasteiger partial charge in [-0.3, -0.25) is 9.78 Å². The van der Waals surface area contributed by atoms with Gasteiger partial charge in [0.25, 0.3) is 0 Å².